The number of hydrogen-bond donors (Lipinski definition) is 3. The van der Waals surface area contributed by atoms with Crippen molar-refractivity contribution in [2.24, 2.45) is 5.84 Å². The highest BCUT2D eigenvalue weighted by Crippen LogP contribution is 2.16. The van der Waals surface area contributed by atoms with Crippen LogP contribution in [0.1, 0.15) is 24.9 Å². The van der Waals surface area contributed by atoms with E-state index in [0.29, 0.717) is 21.0 Å². The summed E-state index contributed by atoms with van der Waals surface area (Å²) < 4.78 is 0.669. The van der Waals surface area contributed by atoms with Gasteiger partial charge in [-0.05, 0) is 17.7 Å². The number of nitrogen functional groups attached to an aromatic ring is 1. The molecule has 0 unspecified atom stereocenters. The standard InChI is InChI=1S/C12H12N4O3S/c13-15-12(18)10-2-1-9(20-10)11(17)14-7-8-3-5-16(19)6-4-8/h1-6H,7,13H2,(H,14,17)(H,15,18). The van der Waals surface area contributed by atoms with Gasteiger partial charge in [0.25, 0.3) is 11.8 Å². The van der Waals surface area contributed by atoms with Gasteiger partial charge in [0.1, 0.15) is 0 Å². The molecule has 2 aromatic rings. The van der Waals surface area contributed by atoms with Crippen LogP contribution in [0, 0.1) is 5.21 Å². The maximum atomic E-state index is 11.9. The number of aromatic nitrogens is 1. The summed E-state index contributed by atoms with van der Waals surface area (Å²) in [6, 6.07) is 6.33. The van der Waals surface area contributed by atoms with Gasteiger partial charge < -0.3 is 10.5 Å². The third kappa shape index (κ3) is 3.31. The lowest BCUT2D eigenvalue weighted by Gasteiger charge is -2.03. The molecule has 104 valence electrons. The molecule has 0 aromatic carbocycles. The number of nitrogens with one attached hydrogen (secondary N) is 2. The predicted octanol–water partition coefficient (Wildman–Crippen LogP) is -0.0850. The van der Waals surface area contributed by atoms with E-state index in [9.17, 15) is 14.8 Å². The van der Waals surface area contributed by atoms with Crippen LogP contribution in [0.3, 0.4) is 0 Å². The number of nitrogens with zero attached hydrogens (tertiary/aromatic N) is 1. The highest BCUT2D eigenvalue weighted by Gasteiger charge is 2.12. The molecule has 4 N–H and O–H groups in total. The Kier molecular flexibility index (Phi) is 4.28. The zero-order valence-electron chi connectivity index (χ0n) is 10.3. The minimum atomic E-state index is -0.433. The van der Waals surface area contributed by atoms with Gasteiger partial charge >= 0.3 is 0 Å². The van der Waals surface area contributed by atoms with E-state index in [2.05, 4.69) is 5.32 Å². The van der Waals surface area contributed by atoms with Crippen molar-refractivity contribution in [3.63, 3.8) is 0 Å². The van der Waals surface area contributed by atoms with Crippen LogP contribution in [0.4, 0.5) is 0 Å². The van der Waals surface area contributed by atoms with E-state index in [1.54, 1.807) is 18.2 Å². The predicted molar refractivity (Wildman–Crippen MR) is 72.5 cm³/mol. The molecular weight excluding hydrogens is 280 g/mol. The minimum absolute atomic E-state index is 0.287. The molecule has 0 fully saturated rings. The topological polar surface area (TPSA) is 111 Å². The molecule has 0 saturated carbocycles. The first kappa shape index (κ1) is 14.0. The lowest BCUT2D eigenvalue weighted by atomic mass is 10.2. The molecule has 2 heterocycles. The van der Waals surface area contributed by atoms with E-state index in [1.165, 1.54) is 18.5 Å². The number of pyridine rings is 1. The summed E-state index contributed by atoms with van der Waals surface area (Å²) in [4.78, 5) is 23.9. The summed E-state index contributed by atoms with van der Waals surface area (Å²) in [5.41, 5.74) is 2.81. The van der Waals surface area contributed by atoms with Gasteiger partial charge in [-0.2, -0.15) is 4.73 Å². The zero-order valence-corrected chi connectivity index (χ0v) is 11.1. The Morgan fingerprint density at radius 1 is 1.15 bits per heavy atom. The SMILES string of the molecule is NNC(=O)c1ccc(C(=O)NCc2cc[n+]([O-])cc2)s1. The van der Waals surface area contributed by atoms with Crippen molar-refractivity contribution in [2.45, 2.75) is 6.54 Å². The average molecular weight is 292 g/mol. The molecule has 20 heavy (non-hydrogen) atoms. The van der Waals surface area contributed by atoms with Crippen molar-refractivity contribution in [3.05, 3.63) is 57.2 Å². The number of carbonyl (C=O) groups excluding carboxylic acids is 2. The summed E-state index contributed by atoms with van der Waals surface area (Å²) in [7, 11) is 0. The molecule has 0 aliphatic rings. The summed E-state index contributed by atoms with van der Waals surface area (Å²) in [5, 5.41) is 13.6. The number of carbonyl (C=O) groups is 2. The fourth-order valence-corrected chi connectivity index (χ4v) is 2.31. The second kappa shape index (κ2) is 6.13. The van der Waals surface area contributed by atoms with Gasteiger partial charge in [-0.15, -0.1) is 11.3 Å². The van der Waals surface area contributed by atoms with Crippen LogP contribution in [0.15, 0.2) is 36.7 Å². The molecule has 7 nitrogen and oxygen atoms in total. The first-order valence-corrected chi connectivity index (χ1v) is 6.48. The number of nitrogens with two attached hydrogens (primary N) is 1. The molecule has 0 saturated heterocycles. The number of amides is 2. The Morgan fingerprint density at radius 3 is 2.35 bits per heavy atom. The Hall–Kier alpha value is -2.45. The van der Waals surface area contributed by atoms with Gasteiger partial charge in [0.15, 0.2) is 12.4 Å². The van der Waals surface area contributed by atoms with Crippen LogP contribution in [-0.4, -0.2) is 11.8 Å². The monoisotopic (exact) mass is 292 g/mol. The molecule has 0 aliphatic heterocycles. The van der Waals surface area contributed by atoms with Crippen LogP contribution in [0.5, 0.6) is 0 Å². The number of hydrogen-bond acceptors (Lipinski definition) is 5. The molecule has 0 atom stereocenters. The fraction of sp³-hybridized carbons (Fsp3) is 0.0833. The Labute approximate surface area is 118 Å². The Balaban J connectivity index is 1.96. The first-order chi connectivity index (χ1) is 9.60. The zero-order chi connectivity index (χ0) is 14.5. The molecular formula is C12H12N4O3S. The third-order valence-electron chi connectivity index (χ3n) is 2.51. The van der Waals surface area contributed by atoms with Gasteiger partial charge in [-0.1, -0.05) is 0 Å². The van der Waals surface area contributed by atoms with Crippen LogP contribution >= 0.6 is 11.3 Å². The van der Waals surface area contributed by atoms with Crippen molar-refractivity contribution in [1.82, 2.24) is 10.7 Å². The van der Waals surface area contributed by atoms with Crippen molar-refractivity contribution in [2.75, 3.05) is 0 Å². The smallest absolute Gasteiger partial charge is 0.275 e. The molecule has 2 aromatic heterocycles. The van der Waals surface area contributed by atoms with Crippen molar-refractivity contribution < 1.29 is 14.3 Å². The van der Waals surface area contributed by atoms with E-state index in [4.69, 9.17) is 5.84 Å². The van der Waals surface area contributed by atoms with Gasteiger partial charge in [0, 0.05) is 18.7 Å². The second-order valence-corrected chi connectivity index (χ2v) is 4.97. The van der Waals surface area contributed by atoms with E-state index < -0.39 is 5.91 Å². The third-order valence-corrected chi connectivity index (χ3v) is 3.59. The van der Waals surface area contributed by atoms with E-state index in [-0.39, 0.29) is 5.91 Å². The highest BCUT2D eigenvalue weighted by atomic mass is 32.1. The number of thiophene rings is 1. The van der Waals surface area contributed by atoms with Crippen LogP contribution in [0.25, 0.3) is 0 Å². The largest absolute Gasteiger partial charge is 0.619 e. The van der Waals surface area contributed by atoms with Crippen molar-refractivity contribution in [1.29, 1.82) is 0 Å². The first-order valence-electron chi connectivity index (χ1n) is 5.67. The molecule has 0 spiro atoms. The fourth-order valence-electron chi connectivity index (χ4n) is 1.48. The lowest BCUT2D eigenvalue weighted by molar-refractivity contribution is -0.605. The van der Waals surface area contributed by atoms with Crippen LogP contribution < -0.4 is 21.3 Å². The molecule has 0 radical (unpaired) electrons. The molecule has 2 rings (SSSR count). The maximum absolute atomic E-state index is 11.9. The van der Waals surface area contributed by atoms with Crippen molar-refractivity contribution >= 4 is 23.2 Å². The summed E-state index contributed by atoms with van der Waals surface area (Å²) in [5.74, 6) is 4.30. The molecule has 0 bridgehead atoms. The minimum Gasteiger partial charge on any atom is -0.619 e. The van der Waals surface area contributed by atoms with Gasteiger partial charge in [0.2, 0.25) is 0 Å². The molecule has 0 aliphatic carbocycles. The van der Waals surface area contributed by atoms with Crippen LogP contribution in [0.2, 0.25) is 0 Å². The van der Waals surface area contributed by atoms with Crippen molar-refractivity contribution in [3.8, 4) is 0 Å². The lowest BCUT2D eigenvalue weighted by Crippen LogP contribution is -2.29. The van der Waals surface area contributed by atoms with E-state index in [0.717, 1.165) is 16.9 Å². The summed E-state index contributed by atoms with van der Waals surface area (Å²) in [6.07, 6.45) is 2.71. The van der Waals surface area contributed by atoms with Gasteiger partial charge in [-0.3, -0.25) is 15.0 Å². The Bertz CT molecular complexity index is 624. The average Bonchev–Trinajstić information content (AvgIpc) is 2.95. The normalized spacial score (nSPS) is 10.1. The summed E-state index contributed by atoms with van der Waals surface area (Å²) >= 11 is 1.05. The molecule has 8 heteroatoms. The van der Waals surface area contributed by atoms with Gasteiger partial charge in [0.05, 0.1) is 9.75 Å². The maximum Gasteiger partial charge on any atom is 0.275 e. The number of rotatable bonds is 4. The highest BCUT2D eigenvalue weighted by molar-refractivity contribution is 7.15. The number of hydrazine groups is 1. The van der Waals surface area contributed by atoms with E-state index in [1.807, 2.05) is 5.43 Å². The van der Waals surface area contributed by atoms with Gasteiger partial charge in [-0.25, -0.2) is 5.84 Å². The van der Waals surface area contributed by atoms with E-state index >= 15 is 0 Å². The second-order valence-electron chi connectivity index (χ2n) is 3.89. The Morgan fingerprint density at radius 2 is 1.75 bits per heavy atom. The molecule has 2 amide bonds. The quantitative estimate of drug-likeness (QED) is 0.240. The van der Waals surface area contributed by atoms with Crippen LogP contribution in [-0.2, 0) is 6.54 Å². The summed E-state index contributed by atoms with van der Waals surface area (Å²) in [6.45, 7) is 0.302.